The Morgan fingerprint density at radius 3 is 2.61 bits per heavy atom. The zero-order valence-electron chi connectivity index (χ0n) is 10.8. The molecule has 1 aliphatic rings. The summed E-state index contributed by atoms with van der Waals surface area (Å²) >= 11 is 3.47. The maximum atomic E-state index is 12.4. The van der Waals surface area contributed by atoms with Crippen LogP contribution in [-0.4, -0.2) is 37.1 Å². The van der Waals surface area contributed by atoms with Crippen molar-refractivity contribution >= 4 is 21.8 Å². The SMILES string of the molecule is COC1CCN(C(=O)c2ccc(C)cc2Br)CC1. The summed E-state index contributed by atoms with van der Waals surface area (Å²) in [5, 5.41) is 0. The molecule has 0 spiro atoms. The van der Waals surface area contributed by atoms with Crippen LogP contribution < -0.4 is 0 Å². The highest BCUT2D eigenvalue weighted by atomic mass is 79.9. The molecule has 18 heavy (non-hydrogen) atoms. The molecule has 2 rings (SSSR count). The first-order valence-corrected chi connectivity index (χ1v) is 6.99. The van der Waals surface area contributed by atoms with E-state index >= 15 is 0 Å². The summed E-state index contributed by atoms with van der Waals surface area (Å²) < 4.78 is 6.19. The number of benzene rings is 1. The van der Waals surface area contributed by atoms with E-state index in [1.807, 2.05) is 30.0 Å². The van der Waals surface area contributed by atoms with Crippen LogP contribution in [0.4, 0.5) is 0 Å². The van der Waals surface area contributed by atoms with E-state index in [0.29, 0.717) is 6.10 Å². The van der Waals surface area contributed by atoms with Crippen molar-refractivity contribution in [3.63, 3.8) is 0 Å². The van der Waals surface area contributed by atoms with Gasteiger partial charge in [0.1, 0.15) is 0 Å². The topological polar surface area (TPSA) is 29.5 Å². The Bertz CT molecular complexity index is 439. The average molecular weight is 312 g/mol. The summed E-state index contributed by atoms with van der Waals surface area (Å²) in [5.74, 6) is 0.108. The number of likely N-dealkylation sites (tertiary alicyclic amines) is 1. The van der Waals surface area contributed by atoms with Gasteiger partial charge in [0.15, 0.2) is 0 Å². The molecule has 1 amide bonds. The second-order valence-corrected chi connectivity index (χ2v) is 5.56. The van der Waals surface area contributed by atoms with Gasteiger partial charge in [-0.15, -0.1) is 0 Å². The third kappa shape index (κ3) is 2.93. The minimum absolute atomic E-state index is 0.108. The smallest absolute Gasteiger partial charge is 0.255 e. The Morgan fingerprint density at radius 1 is 1.39 bits per heavy atom. The zero-order valence-corrected chi connectivity index (χ0v) is 12.4. The van der Waals surface area contributed by atoms with E-state index in [0.717, 1.165) is 41.5 Å². The molecule has 0 aliphatic carbocycles. The van der Waals surface area contributed by atoms with Gasteiger partial charge >= 0.3 is 0 Å². The Hall–Kier alpha value is -0.870. The number of hydrogen-bond donors (Lipinski definition) is 0. The summed E-state index contributed by atoms with van der Waals surface area (Å²) in [6.45, 7) is 3.57. The molecular weight excluding hydrogens is 294 g/mol. The molecule has 1 heterocycles. The molecule has 0 unspecified atom stereocenters. The van der Waals surface area contributed by atoms with Crippen LogP contribution in [0.25, 0.3) is 0 Å². The second kappa shape index (κ2) is 5.85. The number of ether oxygens (including phenoxy) is 1. The molecule has 1 aliphatic heterocycles. The van der Waals surface area contributed by atoms with Crippen molar-refractivity contribution in [3.05, 3.63) is 33.8 Å². The van der Waals surface area contributed by atoms with Crippen molar-refractivity contribution in [3.8, 4) is 0 Å². The van der Waals surface area contributed by atoms with E-state index in [1.165, 1.54) is 0 Å². The minimum Gasteiger partial charge on any atom is -0.381 e. The van der Waals surface area contributed by atoms with E-state index in [2.05, 4.69) is 15.9 Å². The summed E-state index contributed by atoms with van der Waals surface area (Å²) in [4.78, 5) is 14.3. The van der Waals surface area contributed by atoms with Gasteiger partial charge in [-0.2, -0.15) is 0 Å². The van der Waals surface area contributed by atoms with E-state index in [-0.39, 0.29) is 5.91 Å². The van der Waals surface area contributed by atoms with Crippen molar-refractivity contribution < 1.29 is 9.53 Å². The number of rotatable bonds is 2. The van der Waals surface area contributed by atoms with Gasteiger partial charge in [0.2, 0.25) is 0 Å². The quantitative estimate of drug-likeness (QED) is 0.840. The van der Waals surface area contributed by atoms with Crippen molar-refractivity contribution in [1.82, 2.24) is 4.90 Å². The van der Waals surface area contributed by atoms with Gasteiger partial charge in [0.25, 0.3) is 5.91 Å². The molecule has 0 bridgehead atoms. The molecule has 98 valence electrons. The fraction of sp³-hybridized carbons (Fsp3) is 0.500. The average Bonchev–Trinajstić information content (AvgIpc) is 2.38. The van der Waals surface area contributed by atoms with Crippen LogP contribution in [-0.2, 0) is 4.74 Å². The molecule has 4 heteroatoms. The molecule has 1 aromatic carbocycles. The summed E-state index contributed by atoms with van der Waals surface area (Å²) in [5.41, 5.74) is 1.90. The maximum absolute atomic E-state index is 12.4. The Labute approximate surface area is 116 Å². The van der Waals surface area contributed by atoms with Crippen LogP contribution in [0, 0.1) is 6.92 Å². The molecule has 1 aromatic rings. The third-order valence-electron chi connectivity index (χ3n) is 3.42. The maximum Gasteiger partial charge on any atom is 0.255 e. The van der Waals surface area contributed by atoms with E-state index < -0.39 is 0 Å². The van der Waals surface area contributed by atoms with Crippen molar-refractivity contribution in [1.29, 1.82) is 0 Å². The number of carbonyl (C=O) groups excluding carboxylic acids is 1. The van der Waals surface area contributed by atoms with Crippen LogP contribution >= 0.6 is 15.9 Å². The van der Waals surface area contributed by atoms with Crippen LogP contribution in [0.5, 0.6) is 0 Å². The largest absolute Gasteiger partial charge is 0.381 e. The minimum atomic E-state index is 0.108. The van der Waals surface area contributed by atoms with E-state index in [1.54, 1.807) is 7.11 Å². The first-order valence-electron chi connectivity index (χ1n) is 6.20. The fourth-order valence-corrected chi connectivity index (χ4v) is 2.92. The lowest BCUT2D eigenvalue weighted by molar-refractivity contribution is 0.0350. The lowest BCUT2D eigenvalue weighted by atomic mass is 10.1. The van der Waals surface area contributed by atoms with Gasteiger partial charge < -0.3 is 9.64 Å². The number of amides is 1. The first-order chi connectivity index (χ1) is 8.61. The van der Waals surface area contributed by atoms with Gasteiger partial charge in [-0.1, -0.05) is 6.07 Å². The van der Waals surface area contributed by atoms with Gasteiger partial charge in [0, 0.05) is 24.7 Å². The number of nitrogens with zero attached hydrogens (tertiary/aromatic N) is 1. The van der Waals surface area contributed by atoms with E-state index in [4.69, 9.17) is 4.74 Å². The number of carbonyl (C=O) groups is 1. The zero-order chi connectivity index (χ0) is 13.1. The molecule has 0 N–H and O–H groups in total. The highest BCUT2D eigenvalue weighted by molar-refractivity contribution is 9.10. The molecule has 3 nitrogen and oxygen atoms in total. The molecule has 1 fully saturated rings. The molecule has 0 atom stereocenters. The monoisotopic (exact) mass is 311 g/mol. The van der Waals surface area contributed by atoms with Crippen LogP contribution in [0.3, 0.4) is 0 Å². The van der Waals surface area contributed by atoms with Crippen molar-refractivity contribution in [2.75, 3.05) is 20.2 Å². The lowest BCUT2D eigenvalue weighted by Gasteiger charge is -2.31. The van der Waals surface area contributed by atoms with Crippen LogP contribution in [0.2, 0.25) is 0 Å². The second-order valence-electron chi connectivity index (χ2n) is 4.71. The number of hydrogen-bond acceptors (Lipinski definition) is 2. The predicted molar refractivity (Wildman–Crippen MR) is 74.8 cm³/mol. The Morgan fingerprint density at radius 2 is 2.06 bits per heavy atom. The fourth-order valence-electron chi connectivity index (χ4n) is 2.26. The molecular formula is C14H18BrNO2. The molecule has 0 aromatic heterocycles. The number of halogens is 1. The lowest BCUT2D eigenvalue weighted by Crippen LogP contribution is -2.40. The summed E-state index contributed by atoms with van der Waals surface area (Å²) in [6, 6.07) is 5.85. The van der Waals surface area contributed by atoms with Gasteiger partial charge in [-0.25, -0.2) is 0 Å². The van der Waals surface area contributed by atoms with Crippen LogP contribution in [0.15, 0.2) is 22.7 Å². The van der Waals surface area contributed by atoms with Gasteiger partial charge in [-0.05, 0) is 53.4 Å². The number of aryl methyl sites for hydroxylation is 1. The Balaban J connectivity index is 2.08. The van der Waals surface area contributed by atoms with Crippen molar-refractivity contribution in [2.45, 2.75) is 25.9 Å². The van der Waals surface area contributed by atoms with Gasteiger partial charge in [0.05, 0.1) is 11.7 Å². The summed E-state index contributed by atoms with van der Waals surface area (Å²) in [6.07, 6.45) is 2.15. The van der Waals surface area contributed by atoms with Crippen molar-refractivity contribution in [2.24, 2.45) is 0 Å². The Kier molecular flexibility index (Phi) is 4.40. The third-order valence-corrected chi connectivity index (χ3v) is 4.07. The molecule has 0 radical (unpaired) electrons. The van der Waals surface area contributed by atoms with Crippen LogP contribution in [0.1, 0.15) is 28.8 Å². The van der Waals surface area contributed by atoms with Gasteiger partial charge in [-0.3, -0.25) is 4.79 Å². The standard InChI is InChI=1S/C14H18BrNO2/c1-10-3-4-12(13(15)9-10)14(17)16-7-5-11(18-2)6-8-16/h3-4,9,11H,5-8H2,1-2H3. The summed E-state index contributed by atoms with van der Waals surface area (Å²) in [7, 11) is 1.73. The molecule has 0 saturated carbocycles. The van der Waals surface area contributed by atoms with E-state index in [9.17, 15) is 4.79 Å². The highest BCUT2D eigenvalue weighted by Crippen LogP contribution is 2.22. The molecule has 1 saturated heterocycles. The normalized spacial score (nSPS) is 16.9. The first kappa shape index (κ1) is 13.6. The number of methoxy groups -OCH3 is 1. The highest BCUT2D eigenvalue weighted by Gasteiger charge is 2.24. The number of piperidine rings is 1. The predicted octanol–water partition coefficient (Wildman–Crippen LogP) is 3.01.